The van der Waals surface area contributed by atoms with E-state index in [4.69, 9.17) is 0 Å². The maximum Gasteiger partial charge on any atom is 0.386 e. The molecular formula is C5H3F7S. The molecule has 78 valence electrons. The third-order valence-electron chi connectivity index (χ3n) is 1.64. The summed E-state index contributed by atoms with van der Waals surface area (Å²) in [5, 5.41) is -9.04. The van der Waals surface area contributed by atoms with E-state index >= 15 is 0 Å². The third kappa shape index (κ3) is 1.07. The lowest BCUT2D eigenvalue weighted by molar-refractivity contribution is -0.283. The molecule has 0 nitrogen and oxygen atoms in total. The van der Waals surface area contributed by atoms with Crippen LogP contribution in [0.5, 0.6) is 0 Å². The Hall–Kier alpha value is -0.140. The van der Waals surface area contributed by atoms with Crippen LogP contribution >= 0.6 is 11.8 Å². The molecule has 1 atom stereocenters. The summed E-state index contributed by atoms with van der Waals surface area (Å²) in [5.41, 5.74) is 0. The lowest BCUT2D eigenvalue weighted by Crippen LogP contribution is -2.51. The van der Waals surface area contributed by atoms with Crippen LogP contribution in [0.3, 0.4) is 0 Å². The van der Waals surface area contributed by atoms with Gasteiger partial charge >= 0.3 is 17.1 Å². The van der Waals surface area contributed by atoms with E-state index in [1.165, 1.54) is 0 Å². The first kappa shape index (κ1) is 10.9. The molecule has 0 amide bonds. The minimum Gasteiger partial charge on any atom is -0.225 e. The quantitative estimate of drug-likeness (QED) is 0.573. The van der Waals surface area contributed by atoms with Gasteiger partial charge in [0.25, 0.3) is 0 Å². The summed E-state index contributed by atoms with van der Waals surface area (Å²) in [6, 6.07) is 0. The fourth-order valence-electron chi connectivity index (χ4n) is 0.832. The molecule has 8 heteroatoms. The second-order valence-electron chi connectivity index (χ2n) is 2.68. The van der Waals surface area contributed by atoms with Gasteiger partial charge in [0.05, 0.1) is 0 Å². The standard InChI is InChI=1S/C5H3F7S/c1-2(6)3(7,8)4(9,10)5(11,12)13-2/h1H3. The summed E-state index contributed by atoms with van der Waals surface area (Å²) in [6.07, 6.45) is 0. The molecule has 1 rings (SSSR count). The lowest BCUT2D eigenvalue weighted by Gasteiger charge is -2.24. The molecule has 0 N–H and O–H groups in total. The Kier molecular flexibility index (Phi) is 1.90. The third-order valence-corrected chi connectivity index (χ3v) is 2.79. The van der Waals surface area contributed by atoms with Crippen LogP contribution in [-0.2, 0) is 0 Å². The van der Waals surface area contributed by atoms with Gasteiger partial charge in [0.15, 0.2) is 0 Å². The molecule has 1 unspecified atom stereocenters. The van der Waals surface area contributed by atoms with Crippen molar-refractivity contribution in [3.05, 3.63) is 0 Å². The zero-order valence-corrected chi connectivity index (χ0v) is 6.87. The second-order valence-corrected chi connectivity index (χ2v) is 4.17. The van der Waals surface area contributed by atoms with E-state index in [2.05, 4.69) is 0 Å². The summed E-state index contributed by atoms with van der Waals surface area (Å²) in [7, 11) is 0. The van der Waals surface area contributed by atoms with Gasteiger partial charge in [-0.25, -0.2) is 4.39 Å². The van der Waals surface area contributed by atoms with Crippen molar-refractivity contribution in [2.45, 2.75) is 29.0 Å². The van der Waals surface area contributed by atoms with Crippen LogP contribution < -0.4 is 0 Å². The Bertz CT molecular complexity index is 209. The van der Waals surface area contributed by atoms with E-state index in [0.717, 1.165) is 0 Å². The van der Waals surface area contributed by atoms with Crippen molar-refractivity contribution in [2.24, 2.45) is 0 Å². The summed E-state index contributed by atoms with van der Waals surface area (Å²) in [4.78, 5) is 0. The van der Waals surface area contributed by atoms with Crippen LogP contribution in [0.2, 0.25) is 0 Å². The summed E-state index contributed by atoms with van der Waals surface area (Å²) in [6.45, 7) is 0.00644. The minimum atomic E-state index is -5.66. The topological polar surface area (TPSA) is 0 Å². The number of hydrogen-bond donors (Lipinski definition) is 0. The summed E-state index contributed by atoms with van der Waals surface area (Å²) >= 11 is -1.36. The molecule has 0 aromatic heterocycles. The van der Waals surface area contributed by atoms with Gasteiger partial charge in [0.1, 0.15) is 0 Å². The highest BCUT2D eigenvalue weighted by atomic mass is 32.2. The lowest BCUT2D eigenvalue weighted by atomic mass is 10.1. The van der Waals surface area contributed by atoms with Crippen molar-refractivity contribution >= 4 is 11.8 Å². The molecule has 0 aliphatic carbocycles. The smallest absolute Gasteiger partial charge is 0.225 e. The average molecular weight is 228 g/mol. The maximum absolute atomic E-state index is 12.6. The number of hydrogen-bond acceptors (Lipinski definition) is 1. The van der Waals surface area contributed by atoms with Gasteiger partial charge in [-0.1, -0.05) is 0 Å². The molecule has 0 bridgehead atoms. The molecular weight excluding hydrogens is 225 g/mol. The van der Waals surface area contributed by atoms with E-state index in [-0.39, 0.29) is 6.92 Å². The van der Waals surface area contributed by atoms with Gasteiger partial charge < -0.3 is 0 Å². The first-order chi connectivity index (χ1) is 5.46. The van der Waals surface area contributed by atoms with E-state index in [1.807, 2.05) is 0 Å². The fraction of sp³-hybridized carbons (Fsp3) is 1.00. The van der Waals surface area contributed by atoms with E-state index in [1.54, 1.807) is 0 Å². The molecule has 1 aliphatic heterocycles. The second kappa shape index (κ2) is 2.26. The molecule has 1 aliphatic rings. The van der Waals surface area contributed by atoms with Crippen LogP contribution in [0.4, 0.5) is 30.7 Å². The van der Waals surface area contributed by atoms with Gasteiger partial charge in [-0.05, 0) is 18.7 Å². The zero-order valence-electron chi connectivity index (χ0n) is 6.05. The van der Waals surface area contributed by atoms with Crippen molar-refractivity contribution in [3.63, 3.8) is 0 Å². The SMILES string of the molecule is CC1(F)SC(F)(F)C(F)(F)C1(F)F. The van der Waals surface area contributed by atoms with Gasteiger partial charge in [0.2, 0.25) is 5.00 Å². The van der Waals surface area contributed by atoms with Crippen molar-refractivity contribution in [3.8, 4) is 0 Å². The average Bonchev–Trinajstić information content (AvgIpc) is 1.88. The molecule has 0 saturated carbocycles. The van der Waals surface area contributed by atoms with Gasteiger partial charge in [-0.3, -0.25) is 0 Å². The highest BCUT2D eigenvalue weighted by Crippen LogP contribution is 2.68. The Balaban J connectivity index is 3.24. The Labute approximate surface area is 72.5 Å². The predicted octanol–water partition coefficient (Wildman–Crippen LogP) is 3.28. The van der Waals surface area contributed by atoms with Crippen LogP contribution in [0.25, 0.3) is 0 Å². The van der Waals surface area contributed by atoms with Crippen molar-refractivity contribution < 1.29 is 30.7 Å². The number of halogens is 7. The van der Waals surface area contributed by atoms with E-state index in [0.29, 0.717) is 0 Å². The number of rotatable bonds is 0. The molecule has 13 heavy (non-hydrogen) atoms. The van der Waals surface area contributed by atoms with E-state index < -0.39 is 33.9 Å². The molecule has 1 heterocycles. The van der Waals surface area contributed by atoms with Gasteiger partial charge in [0, 0.05) is 0 Å². The van der Waals surface area contributed by atoms with Crippen molar-refractivity contribution in [1.82, 2.24) is 0 Å². The Morgan fingerprint density at radius 1 is 0.769 bits per heavy atom. The van der Waals surface area contributed by atoms with Crippen LogP contribution in [0.15, 0.2) is 0 Å². The molecule has 1 fully saturated rings. The maximum atomic E-state index is 12.6. The molecule has 0 aromatic rings. The molecule has 0 aromatic carbocycles. The number of thioether (sulfide) groups is 1. The fourth-order valence-corrected chi connectivity index (χ4v) is 1.83. The zero-order chi connectivity index (χ0) is 10.7. The van der Waals surface area contributed by atoms with E-state index in [9.17, 15) is 30.7 Å². The van der Waals surface area contributed by atoms with Crippen LogP contribution in [0, 0.1) is 0 Å². The highest BCUT2D eigenvalue weighted by Gasteiger charge is 2.87. The largest absolute Gasteiger partial charge is 0.386 e. The Morgan fingerprint density at radius 2 is 1.15 bits per heavy atom. The van der Waals surface area contributed by atoms with Crippen LogP contribution in [-0.4, -0.2) is 22.1 Å². The number of alkyl halides is 7. The Morgan fingerprint density at radius 3 is 1.23 bits per heavy atom. The summed E-state index contributed by atoms with van der Waals surface area (Å²) < 4.78 is 86.3. The predicted molar refractivity (Wildman–Crippen MR) is 31.9 cm³/mol. The van der Waals surface area contributed by atoms with Crippen molar-refractivity contribution in [2.75, 3.05) is 0 Å². The normalized spacial score (nSPS) is 40.6. The van der Waals surface area contributed by atoms with Crippen molar-refractivity contribution in [1.29, 1.82) is 0 Å². The van der Waals surface area contributed by atoms with Crippen LogP contribution in [0.1, 0.15) is 6.92 Å². The first-order valence-corrected chi connectivity index (χ1v) is 3.80. The monoisotopic (exact) mass is 228 g/mol. The minimum absolute atomic E-state index is 0.00644. The molecule has 0 radical (unpaired) electrons. The summed E-state index contributed by atoms with van der Waals surface area (Å²) in [5.74, 6) is -11.0. The molecule has 1 saturated heterocycles. The van der Waals surface area contributed by atoms with Gasteiger partial charge in [-0.2, -0.15) is 26.3 Å². The molecule has 0 spiro atoms. The first-order valence-electron chi connectivity index (χ1n) is 2.98. The highest BCUT2D eigenvalue weighted by molar-refractivity contribution is 8.02. The van der Waals surface area contributed by atoms with Gasteiger partial charge in [-0.15, -0.1) is 0 Å².